The predicted molar refractivity (Wildman–Crippen MR) is 94.1 cm³/mol. The van der Waals surface area contributed by atoms with Crippen LogP contribution in [0.15, 0.2) is 42.5 Å². The zero-order valence-corrected chi connectivity index (χ0v) is 14.0. The van der Waals surface area contributed by atoms with Gasteiger partial charge in [0.25, 0.3) is 5.69 Å². The van der Waals surface area contributed by atoms with Crippen molar-refractivity contribution in [3.63, 3.8) is 0 Å². The van der Waals surface area contributed by atoms with Gasteiger partial charge in [0.05, 0.1) is 11.5 Å². The molecule has 0 fully saturated rings. The Morgan fingerprint density at radius 1 is 1.20 bits per heavy atom. The highest BCUT2D eigenvalue weighted by molar-refractivity contribution is 5.67. The number of hydrogen-bond donors (Lipinski definition) is 1. The fourth-order valence-electron chi connectivity index (χ4n) is 2.20. The van der Waals surface area contributed by atoms with Gasteiger partial charge >= 0.3 is 6.09 Å². The van der Waals surface area contributed by atoms with Crippen molar-refractivity contribution >= 4 is 11.8 Å². The molecular formula is C19H18N2O4. The van der Waals surface area contributed by atoms with Gasteiger partial charge in [-0.15, -0.1) is 0 Å². The van der Waals surface area contributed by atoms with Gasteiger partial charge in [0.15, 0.2) is 0 Å². The van der Waals surface area contributed by atoms with E-state index in [4.69, 9.17) is 4.74 Å². The van der Waals surface area contributed by atoms with E-state index >= 15 is 0 Å². The summed E-state index contributed by atoms with van der Waals surface area (Å²) in [5.41, 5.74) is 2.94. The molecule has 0 atom stereocenters. The standard InChI is InChI=1S/C19H18N2O4/c1-14-11-15(2)18(21(23)24)12-17(14)9-6-10-20-19(22)25-13-16-7-4-3-5-8-16/h3-5,7-8,11-12H,10,13H2,1-2H3,(H,20,22). The average Bonchev–Trinajstić information content (AvgIpc) is 2.59. The van der Waals surface area contributed by atoms with Crippen LogP contribution < -0.4 is 5.32 Å². The highest BCUT2D eigenvalue weighted by atomic mass is 16.6. The zero-order valence-electron chi connectivity index (χ0n) is 14.0. The molecule has 1 amide bonds. The number of aryl methyl sites for hydroxylation is 2. The molecule has 0 heterocycles. The molecule has 0 aliphatic carbocycles. The summed E-state index contributed by atoms with van der Waals surface area (Å²) >= 11 is 0. The number of carbonyl (C=O) groups excluding carboxylic acids is 1. The van der Waals surface area contributed by atoms with Crippen LogP contribution >= 0.6 is 0 Å². The lowest BCUT2D eigenvalue weighted by Crippen LogP contribution is -2.24. The molecule has 2 rings (SSSR count). The summed E-state index contributed by atoms with van der Waals surface area (Å²) in [6.07, 6.45) is -0.565. The second-order valence-corrected chi connectivity index (χ2v) is 5.43. The maximum Gasteiger partial charge on any atom is 0.408 e. The van der Waals surface area contributed by atoms with E-state index in [0.717, 1.165) is 11.1 Å². The minimum Gasteiger partial charge on any atom is -0.445 e. The summed E-state index contributed by atoms with van der Waals surface area (Å²) in [6, 6.07) is 12.5. The van der Waals surface area contributed by atoms with Crippen LogP contribution in [0, 0.1) is 35.8 Å². The maximum absolute atomic E-state index is 11.6. The van der Waals surface area contributed by atoms with Crippen molar-refractivity contribution in [2.45, 2.75) is 20.5 Å². The molecule has 128 valence electrons. The van der Waals surface area contributed by atoms with Crippen molar-refractivity contribution in [2.24, 2.45) is 0 Å². The second-order valence-electron chi connectivity index (χ2n) is 5.43. The molecule has 6 heteroatoms. The minimum absolute atomic E-state index is 0.0325. The number of nitrogens with zero attached hydrogens (tertiary/aromatic N) is 1. The molecule has 0 bridgehead atoms. The molecule has 0 radical (unpaired) electrons. The van der Waals surface area contributed by atoms with E-state index in [1.807, 2.05) is 37.3 Å². The quantitative estimate of drug-likeness (QED) is 0.525. The minimum atomic E-state index is -0.565. The Morgan fingerprint density at radius 3 is 2.60 bits per heavy atom. The first-order chi connectivity index (χ1) is 12.0. The number of alkyl carbamates (subject to hydrolysis) is 1. The Bertz CT molecular complexity index is 836. The fraction of sp³-hybridized carbons (Fsp3) is 0.211. The third kappa shape index (κ3) is 5.36. The third-order valence-corrected chi connectivity index (χ3v) is 3.50. The van der Waals surface area contributed by atoms with E-state index in [-0.39, 0.29) is 18.8 Å². The van der Waals surface area contributed by atoms with Gasteiger partial charge in [-0.05, 0) is 31.0 Å². The first kappa shape index (κ1) is 18.0. The lowest BCUT2D eigenvalue weighted by molar-refractivity contribution is -0.385. The van der Waals surface area contributed by atoms with Gasteiger partial charge in [0.1, 0.15) is 6.61 Å². The van der Waals surface area contributed by atoms with Crippen LogP contribution in [-0.4, -0.2) is 17.6 Å². The van der Waals surface area contributed by atoms with Crippen LogP contribution in [0.25, 0.3) is 0 Å². The second kappa shape index (κ2) is 8.50. The molecule has 0 aromatic heterocycles. The largest absolute Gasteiger partial charge is 0.445 e. The summed E-state index contributed by atoms with van der Waals surface area (Å²) < 4.78 is 5.06. The van der Waals surface area contributed by atoms with E-state index in [0.29, 0.717) is 11.1 Å². The third-order valence-electron chi connectivity index (χ3n) is 3.50. The van der Waals surface area contributed by atoms with Crippen molar-refractivity contribution in [3.8, 4) is 11.8 Å². The molecule has 0 spiro atoms. The molecule has 0 unspecified atom stereocenters. The van der Waals surface area contributed by atoms with Crippen molar-refractivity contribution < 1.29 is 14.5 Å². The first-order valence-corrected chi connectivity index (χ1v) is 7.66. The molecule has 25 heavy (non-hydrogen) atoms. The van der Waals surface area contributed by atoms with E-state index in [2.05, 4.69) is 17.2 Å². The summed E-state index contributed by atoms with van der Waals surface area (Å²) in [5.74, 6) is 5.61. The van der Waals surface area contributed by atoms with Crippen LogP contribution in [-0.2, 0) is 11.3 Å². The number of hydrogen-bond acceptors (Lipinski definition) is 4. The number of ether oxygens (including phenoxy) is 1. The Balaban J connectivity index is 1.89. The number of rotatable bonds is 4. The molecule has 2 aromatic carbocycles. The van der Waals surface area contributed by atoms with Crippen molar-refractivity contribution in [3.05, 3.63) is 74.8 Å². The number of benzene rings is 2. The van der Waals surface area contributed by atoms with Crippen molar-refractivity contribution in [2.75, 3.05) is 6.54 Å². The topological polar surface area (TPSA) is 81.5 Å². The first-order valence-electron chi connectivity index (χ1n) is 7.66. The molecule has 1 N–H and O–H groups in total. The predicted octanol–water partition coefficient (Wildman–Crippen LogP) is 3.49. The number of nitrogens with one attached hydrogen (secondary N) is 1. The van der Waals surface area contributed by atoms with Crippen LogP contribution in [0.2, 0.25) is 0 Å². The van der Waals surface area contributed by atoms with Crippen LogP contribution in [0.3, 0.4) is 0 Å². The van der Waals surface area contributed by atoms with Crippen molar-refractivity contribution in [1.82, 2.24) is 5.32 Å². The summed E-state index contributed by atoms with van der Waals surface area (Å²) in [4.78, 5) is 22.1. The lowest BCUT2D eigenvalue weighted by atomic mass is 10.0. The van der Waals surface area contributed by atoms with Gasteiger partial charge in [-0.2, -0.15) is 0 Å². The van der Waals surface area contributed by atoms with E-state index in [1.165, 1.54) is 6.07 Å². The Labute approximate surface area is 146 Å². The smallest absolute Gasteiger partial charge is 0.408 e. The van der Waals surface area contributed by atoms with E-state index in [1.54, 1.807) is 13.0 Å². The van der Waals surface area contributed by atoms with Crippen molar-refractivity contribution in [1.29, 1.82) is 0 Å². The normalized spacial score (nSPS) is 9.68. The summed E-state index contributed by atoms with van der Waals surface area (Å²) in [5, 5.41) is 13.5. The number of carbonyl (C=O) groups is 1. The number of amides is 1. The fourth-order valence-corrected chi connectivity index (χ4v) is 2.20. The molecule has 0 saturated heterocycles. The van der Waals surface area contributed by atoms with E-state index < -0.39 is 11.0 Å². The summed E-state index contributed by atoms with van der Waals surface area (Å²) in [6.45, 7) is 3.80. The van der Waals surface area contributed by atoms with Gasteiger partial charge in [-0.3, -0.25) is 10.1 Å². The number of nitro benzene ring substituents is 1. The SMILES string of the molecule is Cc1cc(C)c([N+](=O)[O-])cc1C#CCNC(=O)OCc1ccccc1. The summed E-state index contributed by atoms with van der Waals surface area (Å²) in [7, 11) is 0. The highest BCUT2D eigenvalue weighted by Crippen LogP contribution is 2.21. The van der Waals surface area contributed by atoms with Crippen LogP contribution in [0.5, 0.6) is 0 Å². The monoisotopic (exact) mass is 338 g/mol. The Hall–Kier alpha value is -3.33. The van der Waals surface area contributed by atoms with Gasteiger partial charge in [-0.1, -0.05) is 42.2 Å². The lowest BCUT2D eigenvalue weighted by Gasteiger charge is -2.04. The molecule has 2 aromatic rings. The maximum atomic E-state index is 11.6. The number of nitro groups is 1. The van der Waals surface area contributed by atoms with Crippen LogP contribution in [0.4, 0.5) is 10.5 Å². The average molecular weight is 338 g/mol. The molecule has 6 nitrogen and oxygen atoms in total. The van der Waals surface area contributed by atoms with Crippen LogP contribution in [0.1, 0.15) is 22.3 Å². The molecule has 0 aliphatic rings. The van der Waals surface area contributed by atoms with Gasteiger partial charge in [0, 0.05) is 17.2 Å². The van der Waals surface area contributed by atoms with Gasteiger partial charge in [0.2, 0.25) is 0 Å². The van der Waals surface area contributed by atoms with Gasteiger partial charge < -0.3 is 10.1 Å². The Kier molecular flexibility index (Phi) is 6.13. The highest BCUT2D eigenvalue weighted by Gasteiger charge is 2.12. The zero-order chi connectivity index (χ0) is 18.2. The molecular weight excluding hydrogens is 320 g/mol. The van der Waals surface area contributed by atoms with Gasteiger partial charge in [-0.25, -0.2) is 4.79 Å². The van der Waals surface area contributed by atoms with E-state index in [9.17, 15) is 14.9 Å². The molecule has 0 saturated carbocycles. The Morgan fingerprint density at radius 2 is 1.92 bits per heavy atom. The molecule has 0 aliphatic heterocycles.